The van der Waals surface area contributed by atoms with Gasteiger partial charge in [0.1, 0.15) is 0 Å². The van der Waals surface area contributed by atoms with E-state index < -0.39 is 0 Å². The molecule has 0 saturated heterocycles. The molecule has 0 saturated carbocycles. The van der Waals surface area contributed by atoms with Crippen molar-refractivity contribution in [2.24, 2.45) is 0 Å². The molecule has 0 aromatic carbocycles. The van der Waals surface area contributed by atoms with Crippen molar-refractivity contribution in [1.29, 1.82) is 0 Å². The van der Waals surface area contributed by atoms with Crippen LogP contribution in [-0.4, -0.2) is 5.48 Å². The first kappa shape index (κ1) is 17.5. The van der Waals surface area contributed by atoms with Crippen LogP contribution in [0.5, 0.6) is 0 Å². The Hall–Kier alpha value is 1.60. The van der Waals surface area contributed by atoms with E-state index in [1.54, 1.807) is 6.92 Å². The van der Waals surface area contributed by atoms with Crippen LogP contribution in [0.4, 0.5) is 0 Å². The van der Waals surface area contributed by atoms with Crippen molar-refractivity contribution in [2.45, 2.75) is 6.92 Å². The minimum Gasteiger partial charge on any atom is -0.412 e. The molecule has 0 unspecified atom stereocenters. The maximum absolute atomic E-state index is 3.25. The average molecular weight is 86.2 g/mol. The molecule has 0 radical (unpaired) electrons. The Kier molecular flexibility index (Phi) is 102. The molecule has 0 fully saturated rings. The van der Waals surface area contributed by atoms with E-state index in [0.717, 1.165) is 0 Å². The van der Waals surface area contributed by atoms with Crippen molar-refractivity contribution < 1.29 is 56.9 Å². The summed E-state index contributed by atoms with van der Waals surface area (Å²) in [6, 6.07) is 0. The van der Waals surface area contributed by atoms with Crippen LogP contribution in [0, 0.1) is 6.92 Å². The fourth-order valence-corrected chi connectivity index (χ4v) is 0. The van der Waals surface area contributed by atoms with E-state index in [2.05, 4.69) is 6.92 Å². The van der Waals surface area contributed by atoms with Crippen molar-refractivity contribution in [2.75, 3.05) is 0 Å². The Morgan fingerprint density at radius 1 is 1.25 bits per heavy atom. The molecule has 0 heterocycles. The van der Waals surface area contributed by atoms with Crippen molar-refractivity contribution >= 4 is 0 Å². The van der Waals surface area contributed by atoms with Gasteiger partial charge >= 0.3 is 51.4 Å². The molecule has 0 aromatic rings. The number of hydrogen-bond donors (Lipinski definition) is 0. The quantitative estimate of drug-likeness (QED) is 0.222. The predicted molar refractivity (Wildman–Crippen MR) is 14.6 cm³/mol. The molecule has 22 valence electrons. The van der Waals surface area contributed by atoms with Crippen molar-refractivity contribution in [3.63, 3.8) is 0 Å². The van der Waals surface area contributed by atoms with Gasteiger partial charge in [-0.2, -0.15) is 6.92 Å². The van der Waals surface area contributed by atoms with Gasteiger partial charge in [0.25, 0.3) is 0 Å². The Morgan fingerprint density at radius 3 is 1.25 bits per heavy atom. The maximum Gasteiger partial charge on any atom is 1.00 e. The second-order valence-electron chi connectivity index (χ2n) is 0. The third kappa shape index (κ3) is 9.51. The molecule has 0 spiro atoms. The van der Waals surface area contributed by atoms with Gasteiger partial charge in [-0.05, 0) is 0 Å². The van der Waals surface area contributed by atoms with Crippen LogP contribution in [0.1, 0.15) is 6.92 Å². The zero-order valence-electron chi connectivity index (χ0n) is 3.21. The molecule has 0 bridgehead atoms. The standard InChI is InChI=1S/C2H5.K.H2O/c1-2;;/h1H2,2H3;;1H2/q-1;+1;. The van der Waals surface area contributed by atoms with Gasteiger partial charge in [0.05, 0.1) is 0 Å². The summed E-state index contributed by atoms with van der Waals surface area (Å²) in [6.45, 7) is 5.00. The summed E-state index contributed by atoms with van der Waals surface area (Å²) in [7, 11) is 0. The van der Waals surface area contributed by atoms with Gasteiger partial charge in [0.15, 0.2) is 0 Å². The van der Waals surface area contributed by atoms with Crippen LogP contribution in [0.3, 0.4) is 0 Å². The third-order valence-electron chi connectivity index (χ3n) is 0. The summed E-state index contributed by atoms with van der Waals surface area (Å²) < 4.78 is 0. The second-order valence-corrected chi connectivity index (χ2v) is 0. The number of rotatable bonds is 0. The topological polar surface area (TPSA) is 31.5 Å². The summed E-state index contributed by atoms with van der Waals surface area (Å²) in [5, 5.41) is 0. The van der Waals surface area contributed by atoms with Crippen LogP contribution in [0.2, 0.25) is 0 Å². The molecule has 2 heteroatoms. The zero-order chi connectivity index (χ0) is 2.00. The molecule has 0 aromatic heterocycles. The Morgan fingerprint density at radius 2 is 1.25 bits per heavy atom. The largest absolute Gasteiger partial charge is 1.00 e. The number of hydrogen-bond acceptors (Lipinski definition) is 0. The fourth-order valence-electron chi connectivity index (χ4n) is 0. The van der Waals surface area contributed by atoms with Gasteiger partial charge < -0.3 is 12.4 Å². The van der Waals surface area contributed by atoms with E-state index in [0.29, 0.717) is 0 Å². The molecule has 4 heavy (non-hydrogen) atoms. The van der Waals surface area contributed by atoms with Crippen LogP contribution in [0.15, 0.2) is 0 Å². The van der Waals surface area contributed by atoms with Crippen molar-refractivity contribution in [1.82, 2.24) is 0 Å². The van der Waals surface area contributed by atoms with Crippen molar-refractivity contribution in [3.05, 3.63) is 6.92 Å². The molecule has 1 nitrogen and oxygen atoms in total. The van der Waals surface area contributed by atoms with Gasteiger partial charge in [-0.3, -0.25) is 0 Å². The monoisotopic (exact) mass is 86.0 g/mol. The van der Waals surface area contributed by atoms with Crippen LogP contribution < -0.4 is 51.4 Å². The molecular weight excluding hydrogens is 79.1 g/mol. The molecular formula is C2H7KO. The van der Waals surface area contributed by atoms with Gasteiger partial charge in [-0.25, -0.2) is 0 Å². The van der Waals surface area contributed by atoms with Gasteiger partial charge in [0.2, 0.25) is 0 Å². The minimum atomic E-state index is 0. The van der Waals surface area contributed by atoms with E-state index in [-0.39, 0.29) is 56.9 Å². The molecule has 0 aliphatic heterocycles. The first-order valence-corrected chi connectivity index (χ1v) is 0.707. The van der Waals surface area contributed by atoms with E-state index in [1.165, 1.54) is 0 Å². The molecule has 2 N–H and O–H groups in total. The van der Waals surface area contributed by atoms with Crippen LogP contribution >= 0.6 is 0 Å². The van der Waals surface area contributed by atoms with E-state index >= 15 is 0 Å². The molecule has 0 amide bonds. The summed E-state index contributed by atoms with van der Waals surface area (Å²) in [5.41, 5.74) is 0. The summed E-state index contributed by atoms with van der Waals surface area (Å²) in [6.07, 6.45) is 0. The Labute approximate surface area is 69.5 Å². The average Bonchev–Trinajstić information content (AvgIpc) is 1.00. The summed E-state index contributed by atoms with van der Waals surface area (Å²) in [4.78, 5) is 0. The molecule has 0 aliphatic carbocycles. The first-order valence-electron chi connectivity index (χ1n) is 0.707. The van der Waals surface area contributed by atoms with E-state index in [9.17, 15) is 0 Å². The predicted octanol–water partition coefficient (Wildman–Crippen LogP) is -2.98. The van der Waals surface area contributed by atoms with Gasteiger partial charge in [0, 0.05) is 0 Å². The van der Waals surface area contributed by atoms with Gasteiger partial charge in [-0.1, -0.05) is 0 Å². The molecule has 0 rings (SSSR count). The summed E-state index contributed by atoms with van der Waals surface area (Å²) in [5.74, 6) is 0. The summed E-state index contributed by atoms with van der Waals surface area (Å²) >= 11 is 0. The minimum absolute atomic E-state index is 0. The SMILES string of the molecule is O.[CH2-]C.[K+]. The third-order valence-corrected chi connectivity index (χ3v) is 0. The van der Waals surface area contributed by atoms with Crippen molar-refractivity contribution in [3.8, 4) is 0 Å². The molecule has 0 aliphatic rings. The fraction of sp³-hybridized carbons (Fsp3) is 0.500. The Balaban J connectivity index is -0.00000000500. The van der Waals surface area contributed by atoms with E-state index in [4.69, 9.17) is 0 Å². The first-order chi connectivity index (χ1) is 1.00. The second kappa shape index (κ2) is 23.3. The zero-order valence-corrected chi connectivity index (χ0v) is 6.33. The van der Waals surface area contributed by atoms with Crippen LogP contribution in [-0.2, 0) is 0 Å². The molecule has 0 atom stereocenters. The van der Waals surface area contributed by atoms with Crippen LogP contribution in [0.25, 0.3) is 0 Å². The Bertz CT molecular complexity index is 6.00. The van der Waals surface area contributed by atoms with E-state index in [1.807, 2.05) is 0 Å². The normalized spacial score (nSPS) is 1.50. The van der Waals surface area contributed by atoms with Gasteiger partial charge in [-0.15, -0.1) is 0 Å². The smallest absolute Gasteiger partial charge is 0.412 e. The maximum atomic E-state index is 3.25.